The molecule has 2 nitrogen and oxygen atoms in total. The summed E-state index contributed by atoms with van der Waals surface area (Å²) >= 11 is 0. The summed E-state index contributed by atoms with van der Waals surface area (Å²) in [5.41, 5.74) is 0. The van der Waals surface area contributed by atoms with Gasteiger partial charge in [0.1, 0.15) is 6.61 Å². The van der Waals surface area contributed by atoms with E-state index in [1.54, 1.807) is 0 Å². The first-order chi connectivity index (χ1) is 7.13. The standard InChI is InChI=1S/C13H24O2/c1-4-11(3)13(14)9-15-12-7-5-6-10(2)8-12/h10-12H,4-9H2,1-3H3. The lowest BCUT2D eigenvalue weighted by Crippen LogP contribution is -2.26. The second-order valence-corrected chi connectivity index (χ2v) is 4.98. The van der Waals surface area contributed by atoms with Gasteiger partial charge in [-0.2, -0.15) is 0 Å². The maximum atomic E-state index is 11.6. The predicted octanol–water partition coefficient (Wildman–Crippen LogP) is 3.20. The summed E-state index contributed by atoms with van der Waals surface area (Å²) in [5.74, 6) is 1.18. The van der Waals surface area contributed by atoms with Crippen molar-refractivity contribution in [2.24, 2.45) is 11.8 Å². The summed E-state index contributed by atoms with van der Waals surface area (Å²) in [5, 5.41) is 0. The van der Waals surface area contributed by atoms with E-state index in [-0.39, 0.29) is 11.7 Å². The molecule has 0 aromatic heterocycles. The SMILES string of the molecule is CCC(C)C(=O)COC1CCCC(C)C1. The summed E-state index contributed by atoms with van der Waals surface area (Å²) in [6.07, 6.45) is 6.10. The summed E-state index contributed by atoms with van der Waals surface area (Å²) in [4.78, 5) is 11.6. The molecule has 3 unspecified atom stereocenters. The van der Waals surface area contributed by atoms with Crippen molar-refractivity contribution >= 4 is 5.78 Å². The Morgan fingerprint density at radius 2 is 2.20 bits per heavy atom. The maximum Gasteiger partial charge on any atom is 0.161 e. The molecule has 2 heteroatoms. The van der Waals surface area contributed by atoms with Crippen LogP contribution in [0.2, 0.25) is 0 Å². The molecule has 88 valence electrons. The van der Waals surface area contributed by atoms with Crippen molar-refractivity contribution in [2.45, 2.75) is 59.0 Å². The third-order valence-corrected chi connectivity index (χ3v) is 3.51. The Bertz CT molecular complexity index is 201. The molecule has 3 atom stereocenters. The van der Waals surface area contributed by atoms with Gasteiger partial charge in [0, 0.05) is 5.92 Å². The summed E-state index contributed by atoms with van der Waals surface area (Å²) in [7, 11) is 0. The number of hydrogen-bond donors (Lipinski definition) is 0. The molecule has 0 aromatic rings. The van der Waals surface area contributed by atoms with Crippen LogP contribution in [0, 0.1) is 11.8 Å². The van der Waals surface area contributed by atoms with Crippen molar-refractivity contribution < 1.29 is 9.53 Å². The minimum absolute atomic E-state index is 0.158. The Balaban J connectivity index is 2.21. The molecule has 0 N–H and O–H groups in total. The molecule has 1 rings (SSSR count). The number of Topliss-reactive ketones (excluding diaryl/α,β-unsaturated/α-hetero) is 1. The first-order valence-corrected chi connectivity index (χ1v) is 6.27. The van der Waals surface area contributed by atoms with Crippen LogP contribution in [-0.2, 0) is 9.53 Å². The molecule has 0 aliphatic heterocycles. The van der Waals surface area contributed by atoms with Crippen molar-refractivity contribution in [3.05, 3.63) is 0 Å². The Hall–Kier alpha value is -0.370. The number of carbonyl (C=O) groups is 1. The van der Waals surface area contributed by atoms with E-state index in [2.05, 4.69) is 6.92 Å². The number of ether oxygens (including phenoxy) is 1. The van der Waals surface area contributed by atoms with E-state index >= 15 is 0 Å². The Labute approximate surface area is 93.4 Å². The largest absolute Gasteiger partial charge is 0.370 e. The van der Waals surface area contributed by atoms with E-state index in [9.17, 15) is 4.79 Å². The molecule has 0 heterocycles. The average molecular weight is 212 g/mol. The monoisotopic (exact) mass is 212 g/mol. The minimum Gasteiger partial charge on any atom is -0.370 e. The zero-order valence-electron chi connectivity index (χ0n) is 10.3. The smallest absolute Gasteiger partial charge is 0.161 e. The average Bonchev–Trinajstić information content (AvgIpc) is 2.25. The van der Waals surface area contributed by atoms with Crippen LogP contribution in [0.4, 0.5) is 0 Å². The molecule has 1 aliphatic rings. The van der Waals surface area contributed by atoms with Gasteiger partial charge in [0.25, 0.3) is 0 Å². The molecular weight excluding hydrogens is 188 g/mol. The lowest BCUT2D eigenvalue weighted by atomic mass is 9.89. The van der Waals surface area contributed by atoms with Gasteiger partial charge in [0.2, 0.25) is 0 Å². The molecule has 1 aliphatic carbocycles. The van der Waals surface area contributed by atoms with Gasteiger partial charge in [-0.05, 0) is 25.2 Å². The van der Waals surface area contributed by atoms with Crippen molar-refractivity contribution in [3.63, 3.8) is 0 Å². The number of carbonyl (C=O) groups excluding carboxylic acids is 1. The minimum atomic E-state index is 0.158. The highest BCUT2D eigenvalue weighted by Crippen LogP contribution is 2.25. The van der Waals surface area contributed by atoms with Crippen molar-refractivity contribution in [2.75, 3.05) is 6.61 Å². The first kappa shape index (κ1) is 12.7. The van der Waals surface area contributed by atoms with Gasteiger partial charge in [-0.1, -0.05) is 33.6 Å². The van der Waals surface area contributed by atoms with Crippen molar-refractivity contribution in [1.82, 2.24) is 0 Å². The normalized spacial score (nSPS) is 28.7. The number of ketones is 1. The molecule has 15 heavy (non-hydrogen) atoms. The number of hydrogen-bond acceptors (Lipinski definition) is 2. The van der Waals surface area contributed by atoms with E-state index in [1.807, 2.05) is 13.8 Å². The Kier molecular flexibility index (Phi) is 5.30. The van der Waals surface area contributed by atoms with Crippen molar-refractivity contribution in [1.29, 1.82) is 0 Å². The third-order valence-electron chi connectivity index (χ3n) is 3.51. The molecule has 0 aromatic carbocycles. The highest BCUT2D eigenvalue weighted by Gasteiger charge is 2.20. The van der Waals surface area contributed by atoms with Gasteiger partial charge in [-0.25, -0.2) is 0 Å². The van der Waals surface area contributed by atoms with E-state index in [0.717, 1.165) is 25.2 Å². The molecule has 0 radical (unpaired) electrons. The summed E-state index contributed by atoms with van der Waals surface area (Å²) < 4.78 is 5.69. The summed E-state index contributed by atoms with van der Waals surface area (Å²) in [6.45, 7) is 6.62. The van der Waals surface area contributed by atoms with E-state index < -0.39 is 0 Å². The first-order valence-electron chi connectivity index (χ1n) is 6.27. The van der Waals surface area contributed by atoms with E-state index in [0.29, 0.717) is 12.7 Å². The van der Waals surface area contributed by atoms with Crippen LogP contribution in [-0.4, -0.2) is 18.5 Å². The highest BCUT2D eigenvalue weighted by molar-refractivity contribution is 5.81. The molecule has 0 amide bonds. The summed E-state index contributed by atoms with van der Waals surface area (Å²) in [6, 6.07) is 0. The number of rotatable bonds is 5. The fraction of sp³-hybridized carbons (Fsp3) is 0.923. The van der Waals surface area contributed by atoms with Crippen LogP contribution in [0.3, 0.4) is 0 Å². The predicted molar refractivity (Wildman–Crippen MR) is 61.8 cm³/mol. The lowest BCUT2D eigenvalue weighted by molar-refractivity contribution is -0.130. The zero-order chi connectivity index (χ0) is 11.3. The zero-order valence-corrected chi connectivity index (χ0v) is 10.3. The molecule has 1 saturated carbocycles. The van der Waals surface area contributed by atoms with Crippen LogP contribution in [0.5, 0.6) is 0 Å². The van der Waals surface area contributed by atoms with E-state index in [4.69, 9.17) is 4.74 Å². The Morgan fingerprint density at radius 1 is 1.47 bits per heavy atom. The molecule has 0 spiro atoms. The van der Waals surface area contributed by atoms with Gasteiger partial charge in [-0.15, -0.1) is 0 Å². The topological polar surface area (TPSA) is 26.3 Å². The second-order valence-electron chi connectivity index (χ2n) is 4.98. The van der Waals surface area contributed by atoms with Crippen molar-refractivity contribution in [3.8, 4) is 0 Å². The third kappa shape index (κ3) is 4.33. The van der Waals surface area contributed by atoms with Crippen LogP contribution < -0.4 is 0 Å². The quantitative estimate of drug-likeness (QED) is 0.699. The van der Waals surface area contributed by atoms with Gasteiger partial charge < -0.3 is 4.74 Å². The van der Waals surface area contributed by atoms with Gasteiger partial charge >= 0.3 is 0 Å². The van der Waals surface area contributed by atoms with Crippen LogP contribution >= 0.6 is 0 Å². The molecule has 0 saturated heterocycles. The van der Waals surface area contributed by atoms with Crippen LogP contribution in [0.25, 0.3) is 0 Å². The highest BCUT2D eigenvalue weighted by atomic mass is 16.5. The lowest BCUT2D eigenvalue weighted by Gasteiger charge is -2.26. The van der Waals surface area contributed by atoms with Gasteiger partial charge in [-0.3, -0.25) is 4.79 Å². The van der Waals surface area contributed by atoms with Crippen LogP contribution in [0.1, 0.15) is 52.9 Å². The van der Waals surface area contributed by atoms with E-state index in [1.165, 1.54) is 12.8 Å². The fourth-order valence-corrected chi connectivity index (χ4v) is 2.10. The molecule has 0 bridgehead atoms. The maximum absolute atomic E-state index is 11.6. The fourth-order valence-electron chi connectivity index (χ4n) is 2.10. The Morgan fingerprint density at radius 3 is 2.80 bits per heavy atom. The van der Waals surface area contributed by atoms with Gasteiger partial charge in [0.15, 0.2) is 5.78 Å². The molecule has 1 fully saturated rings. The van der Waals surface area contributed by atoms with Gasteiger partial charge in [0.05, 0.1) is 6.10 Å². The van der Waals surface area contributed by atoms with Crippen LogP contribution in [0.15, 0.2) is 0 Å². The molecular formula is C13H24O2. The second kappa shape index (κ2) is 6.26.